The van der Waals surface area contributed by atoms with Crippen LogP contribution >= 0.6 is 0 Å². The summed E-state index contributed by atoms with van der Waals surface area (Å²) in [6.07, 6.45) is 4.39. The van der Waals surface area contributed by atoms with Gasteiger partial charge in [-0.15, -0.1) is 0 Å². The third-order valence-corrected chi connectivity index (χ3v) is 6.48. The molecule has 0 aliphatic heterocycles. The highest BCUT2D eigenvalue weighted by molar-refractivity contribution is 5.96. The van der Waals surface area contributed by atoms with Crippen molar-refractivity contribution in [2.45, 2.75) is 52.6 Å². The minimum Gasteiger partial charge on any atom is -0.472 e. The summed E-state index contributed by atoms with van der Waals surface area (Å²) in [5.74, 6) is 0.0528. The van der Waals surface area contributed by atoms with Gasteiger partial charge in [-0.25, -0.2) is 0 Å². The molecule has 4 heteroatoms. The molecule has 0 bridgehead atoms. The van der Waals surface area contributed by atoms with E-state index in [2.05, 4.69) is 13.5 Å². The van der Waals surface area contributed by atoms with Crippen molar-refractivity contribution >= 4 is 11.6 Å². The Morgan fingerprint density at radius 3 is 2.75 bits per heavy atom. The van der Waals surface area contributed by atoms with Gasteiger partial charge in [0, 0.05) is 24.2 Å². The van der Waals surface area contributed by atoms with Crippen LogP contribution in [-0.2, 0) is 4.79 Å². The highest BCUT2D eigenvalue weighted by Gasteiger charge is 2.59. The zero-order chi connectivity index (χ0) is 17.7. The van der Waals surface area contributed by atoms with Crippen LogP contribution in [0.3, 0.4) is 0 Å². The van der Waals surface area contributed by atoms with Crippen LogP contribution in [-0.4, -0.2) is 22.8 Å². The predicted molar refractivity (Wildman–Crippen MR) is 90.5 cm³/mol. The molecule has 0 saturated heterocycles. The van der Waals surface area contributed by atoms with Crippen LogP contribution in [0.25, 0.3) is 0 Å². The molecule has 130 valence electrons. The first kappa shape index (κ1) is 17.2. The number of aliphatic hydroxyl groups excluding tert-OH is 1. The molecule has 1 aromatic rings. The van der Waals surface area contributed by atoms with Gasteiger partial charge in [-0.3, -0.25) is 9.59 Å². The number of hydrogen-bond donors (Lipinski definition) is 1. The summed E-state index contributed by atoms with van der Waals surface area (Å²) in [5.41, 5.74) is 0.610. The topological polar surface area (TPSA) is 67.5 Å². The number of aliphatic hydroxyl groups is 1. The summed E-state index contributed by atoms with van der Waals surface area (Å²) in [4.78, 5) is 25.1. The molecule has 2 fully saturated rings. The Labute approximate surface area is 142 Å². The number of Topliss-reactive ketones (excluding diaryl/α,β-unsaturated/α-hetero) is 2. The third kappa shape index (κ3) is 2.48. The highest BCUT2D eigenvalue weighted by Crippen LogP contribution is 2.60. The van der Waals surface area contributed by atoms with Crippen molar-refractivity contribution < 1.29 is 19.1 Å². The molecule has 2 aliphatic carbocycles. The number of fused-ring (bicyclic) bond motifs is 1. The van der Waals surface area contributed by atoms with Crippen molar-refractivity contribution in [1.29, 1.82) is 0 Å². The summed E-state index contributed by atoms with van der Waals surface area (Å²) in [5, 5.41) is 10.7. The van der Waals surface area contributed by atoms with Crippen molar-refractivity contribution in [2.24, 2.45) is 22.7 Å². The van der Waals surface area contributed by atoms with E-state index in [1.807, 2.05) is 13.8 Å². The summed E-state index contributed by atoms with van der Waals surface area (Å²) in [6.45, 7) is 10.1. The zero-order valence-corrected chi connectivity index (χ0v) is 14.7. The SMILES string of the molecule is C=C1CC(O)C2C(C)(C)C(=O)CCC2(C)C1CC(=O)c1ccoc1. The first-order chi connectivity index (χ1) is 11.2. The van der Waals surface area contributed by atoms with Gasteiger partial charge in [0.15, 0.2) is 5.78 Å². The van der Waals surface area contributed by atoms with Crippen molar-refractivity contribution in [2.75, 3.05) is 0 Å². The fourth-order valence-electron chi connectivity index (χ4n) is 5.27. The number of rotatable bonds is 3. The summed E-state index contributed by atoms with van der Waals surface area (Å²) in [7, 11) is 0. The van der Waals surface area contributed by atoms with E-state index in [1.54, 1.807) is 6.07 Å². The molecule has 0 radical (unpaired) electrons. The van der Waals surface area contributed by atoms with E-state index in [4.69, 9.17) is 4.42 Å². The monoisotopic (exact) mass is 330 g/mol. The quantitative estimate of drug-likeness (QED) is 0.676. The van der Waals surface area contributed by atoms with Crippen LogP contribution < -0.4 is 0 Å². The maximum atomic E-state index is 12.6. The fourth-order valence-corrected chi connectivity index (χ4v) is 5.27. The smallest absolute Gasteiger partial charge is 0.166 e. The Hall–Kier alpha value is -1.68. The van der Waals surface area contributed by atoms with Gasteiger partial charge in [-0.2, -0.15) is 0 Å². The maximum absolute atomic E-state index is 12.6. The molecular weight excluding hydrogens is 304 g/mol. The molecule has 0 spiro atoms. The van der Waals surface area contributed by atoms with Gasteiger partial charge < -0.3 is 9.52 Å². The molecule has 1 aromatic heterocycles. The lowest BCUT2D eigenvalue weighted by atomic mass is 9.46. The van der Waals surface area contributed by atoms with Gasteiger partial charge in [0.05, 0.1) is 17.9 Å². The summed E-state index contributed by atoms with van der Waals surface area (Å²) in [6, 6.07) is 1.68. The van der Waals surface area contributed by atoms with E-state index in [0.717, 1.165) is 5.57 Å². The van der Waals surface area contributed by atoms with Crippen LogP contribution in [0.5, 0.6) is 0 Å². The first-order valence-corrected chi connectivity index (χ1v) is 8.62. The van der Waals surface area contributed by atoms with E-state index in [0.29, 0.717) is 31.2 Å². The third-order valence-electron chi connectivity index (χ3n) is 6.48. The van der Waals surface area contributed by atoms with Crippen LogP contribution in [0.15, 0.2) is 35.2 Å². The molecule has 1 N–H and O–H groups in total. The van der Waals surface area contributed by atoms with Gasteiger partial charge in [-0.05, 0) is 30.2 Å². The summed E-state index contributed by atoms with van der Waals surface area (Å²) >= 11 is 0. The van der Waals surface area contributed by atoms with Crippen molar-refractivity contribution in [3.63, 3.8) is 0 Å². The molecule has 4 atom stereocenters. The standard InChI is InChI=1S/C20H26O4/c1-12-9-16(22)18-19(2,3)17(23)5-7-20(18,4)14(12)10-15(21)13-6-8-24-11-13/h6,8,11,14,16,18,22H,1,5,7,9-10H2,2-4H3. The number of carbonyl (C=O) groups excluding carboxylic acids is 2. The molecule has 3 rings (SSSR count). The molecule has 4 nitrogen and oxygen atoms in total. The number of carbonyl (C=O) groups is 2. The average Bonchev–Trinajstić information content (AvgIpc) is 3.01. The second-order valence-corrected chi connectivity index (χ2v) is 8.25. The maximum Gasteiger partial charge on any atom is 0.166 e. The van der Waals surface area contributed by atoms with Gasteiger partial charge in [0.25, 0.3) is 0 Å². The van der Waals surface area contributed by atoms with Crippen molar-refractivity contribution in [1.82, 2.24) is 0 Å². The molecule has 24 heavy (non-hydrogen) atoms. The number of ketones is 2. The Morgan fingerprint density at radius 2 is 2.12 bits per heavy atom. The van der Waals surface area contributed by atoms with Gasteiger partial charge >= 0.3 is 0 Å². The fraction of sp³-hybridized carbons (Fsp3) is 0.600. The second-order valence-electron chi connectivity index (χ2n) is 8.25. The molecule has 2 saturated carbocycles. The molecule has 0 aromatic carbocycles. The lowest BCUT2D eigenvalue weighted by Gasteiger charge is -2.58. The average molecular weight is 330 g/mol. The van der Waals surface area contributed by atoms with Gasteiger partial charge in [0.2, 0.25) is 0 Å². The molecule has 1 heterocycles. The number of hydrogen-bond acceptors (Lipinski definition) is 4. The molecular formula is C20H26O4. The Kier molecular flexibility index (Phi) is 4.07. The van der Waals surface area contributed by atoms with E-state index < -0.39 is 11.5 Å². The minimum atomic E-state index is -0.581. The largest absolute Gasteiger partial charge is 0.472 e. The molecule has 2 aliphatic rings. The van der Waals surface area contributed by atoms with E-state index in [9.17, 15) is 14.7 Å². The van der Waals surface area contributed by atoms with Crippen LogP contribution in [0.1, 0.15) is 56.8 Å². The second kappa shape index (κ2) is 5.69. The normalized spacial score (nSPS) is 35.6. The van der Waals surface area contributed by atoms with Gasteiger partial charge in [-0.1, -0.05) is 32.9 Å². The van der Waals surface area contributed by atoms with Crippen LogP contribution in [0, 0.1) is 22.7 Å². The van der Waals surface area contributed by atoms with Crippen molar-refractivity contribution in [3.05, 3.63) is 36.3 Å². The van der Waals surface area contributed by atoms with Gasteiger partial charge in [0.1, 0.15) is 12.0 Å². The Morgan fingerprint density at radius 1 is 1.42 bits per heavy atom. The molecule has 0 amide bonds. The van der Waals surface area contributed by atoms with Crippen LogP contribution in [0.2, 0.25) is 0 Å². The zero-order valence-electron chi connectivity index (χ0n) is 14.7. The highest BCUT2D eigenvalue weighted by atomic mass is 16.3. The Balaban J connectivity index is 1.95. The van der Waals surface area contributed by atoms with E-state index >= 15 is 0 Å². The van der Waals surface area contributed by atoms with Crippen molar-refractivity contribution in [3.8, 4) is 0 Å². The van der Waals surface area contributed by atoms with E-state index in [-0.39, 0.29) is 28.8 Å². The Bertz CT molecular complexity index is 670. The number of furan rings is 1. The lowest BCUT2D eigenvalue weighted by molar-refractivity contribution is -0.157. The summed E-state index contributed by atoms with van der Waals surface area (Å²) < 4.78 is 5.02. The minimum absolute atomic E-state index is 0.0272. The predicted octanol–water partition coefficient (Wildman–Crippen LogP) is 3.80. The molecule has 4 unspecified atom stereocenters. The first-order valence-electron chi connectivity index (χ1n) is 8.62. The van der Waals surface area contributed by atoms with Crippen LogP contribution in [0.4, 0.5) is 0 Å². The lowest BCUT2D eigenvalue weighted by Crippen LogP contribution is -2.58. The van der Waals surface area contributed by atoms with E-state index in [1.165, 1.54) is 12.5 Å².